The largest absolute Gasteiger partial charge is 0.495 e. The maximum atomic E-state index is 5.15. The first-order valence-electron chi connectivity index (χ1n) is 4.04. The summed E-state index contributed by atoms with van der Waals surface area (Å²) >= 11 is 0. The molecule has 0 spiro atoms. The number of allylic oxidation sites excluding steroid dienone is 1. The Morgan fingerprint density at radius 3 is 2.69 bits per heavy atom. The quantitative estimate of drug-likeness (QED) is 0.592. The summed E-state index contributed by atoms with van der Waals surface area (Å²) in [6, 6.07) is 7.67. The Bertz CT molecular complexity index is 366. The predicted octanol–water partition coefficient (Wildman–Crippen LogP) is 2.62. The lowest BCUT2D eigenvalue weighted by Crippen LogP contribution is -1.86. The number of para-hydroxylation sites is 1. The van der Waals surface area contributed by atoms with Gasteiger partial charge in [0.2, 0.25) is 0 Å². The summed E-state index contributed by atoms with van der Waals surface area (Å²) in [5.41, 5.74) is 1.75. The van der Waals surface area contributed by atoms with Gasteiger partial charge >= 0.3 is 0 Å². The minimum absolute atomic E-state index is 0.802. The highest BCUT2D eigenvalue weighted by molar-refractivity contribution is 5.48. The third-order valence-corrected chi connectivity index (χ3v) is 1.52. The van der Waals surface area contributed by atoms with Gasteiger partial charge in [-0.05, 0) is 24.6 Å². The van der Waals surface area contributed by atoms with Crippen molar-refractivity contribution in [2.45, 2.75) is 6.92 Å². The lowest BCUT2D eigenvalue weighted by molar-refractivity contribution is 0.413. The summed E-state index contributed by atoms with van der Waals surface area (Å²) in [7, 11) is 1.64. The zero-order valence-electron chi connectivity index (χ0n) is 7.92. The summed E-state index contributed by atoms with van der Waals surface area (Å²) in [4.78, 5) is 0. The molecule has 0 aromatic heterocycles. The predicted molar refractivity (Wildman–Crippen MR) is 54.7 cm³/mol. The van der Waals surface area contributed by atoms with Crippen molar-refractivity contribution in [2.24, 2.45) is 0 Å². The molecule has 0 saturated heterocycles. The molecular formula is C12H12O. The molecular weight excluding hydrogens is 160 g/mol. The van der Waals surface area contributed by atoms with Crippen LogP contribution in [0.2, 0.25) is 0 Å². The van der Waals surface area contributed by atoms with E-state index in [1.807, 2.05) is 31.2 Å². The molecule has 0 radical (unpaired) electrons. The number of benzene rings is 1. The maximum absolute atomic E-state index is 5.15. The highest BCUT2D eigenvalue weighted by atomic mass is 16.5. The average Bonchev–Trinajstić information content (AvgIpc) is 2.15. The molecule has 66 valence electrons. The molecule has 0 N–H and O–H groups in total. The van der Waals surface area contributed by atoms with Crippen LogP contribution in [0.5, 0.6) is 5.75 Å². The van der Waals surface area contributed by atoms with Crippen LogP contribution in [0, 0.1) is 11.8 Å². The van der Waals surface area contributed by atoms with Crippen LogP contribution in [-0.4, -0.2) is 7.11 Å². The van der Waals surface area contributed by atoms with E-state index in [2.05, 4.69) is 18.4 Å². The standard InChI is InChI=1S/C12H12O/c1-10(2)8-9-11-6-4-5-7-12(11)13-3/h4-7H,1H2,2-3H3. The smallest absolute Gasteiger partial charge is 0.134 e. The van der Waals surface area contributed by atoms with Crippen LogP contribution in [0.4, 0.5) is 0 Å². The second-order valence-electron chi connectivity index (χ2n) is 2.73. The van der Waals surface area contributed by atoms with Gasteiger partial charge in [0.1, 0.15) is 5.75 Å². The minimum atomic E-state index is 0.802. The van der Waals surface area contributed by atoms with Gasteiger partial charge in [0.15, 0.2) is 0 Å². The Balaban J connectivity index is 3.02. The van der Waals surface area contributed by atoms with E-state index in [1.54, 1.807) is 7.11 Å². The molecule has 1 nitrogen and oxygen atoms in total. The molecule has 0 bridgehead atoms. The Labute approximate surface area is 79.0 Å². The highest BCUT2D eigenvalue weighted by Gasteiger charge is 1.95. The Morgan fingerprint density at radius 1 is 1.38 bits per heavy atom. The first-order chi connectivity index (χ1) is 6.24. The monoisotopic (exact) mass is 172 g/mol. The summed E-state index contributed by atoms with van der Waals surface area (Å²) < 4.78 is 5.15. The van der Waals surface area contributed by atoms with Crippen molar-refractivity contribution >= 4 is 0 Å². The summed E-state index contributed by atoms with van der Waals surface area (Å²) in [5.74, 6) is 6.70. The zero-order valence-corrected chi connectivity index (χ0v) is 7.92. The second kappa shape index (κ2) is 4.37. The minimum Gasteiger partial charge on any atom is -0.495 e. The van der Waals surface area contributed by atoms with Crippen molar-refractivity contribution in [3.8, 4) is 17.6 Å². The van der Waals surface area contributed by atoms with Crippen LogP contribution < -0.4 is 4.74 Å². The van der Waals surface area contributed by atoms with E-state index in [0.717, 1.165) is 16.9 Å². The van der Waals surface area contributed by atoms with Gasteiger partial charge in [-0.3, -0.25) is 0 Å². The van der Waals surface area contributed by atoms with Gasteiger partial charge in [-0.1, -0.05) is 30.6 Å². The Kier molecular flexibility index (Phi) is 3.16. The van der Waals surface area contributed by atoms with Crippen LogP contribution in [0.1, 0.15) is 12.5 Å². The topological polar surface area (TPSA) is 9.23 Å². The number of hydrogen-bond donors (Lipinski definition) is 0. The van der Waals surface area contributed by atoms with Gasteiger partial charge in [0.25, 0.3) is 0 Å². The highest BCUT2D eigenvalue weighted by Crippen LogP contribution is 2.15. The molecule has 0 saturated carbocycles. The van der Waals surface area contributed by atoms with Crippen molar-refractivity contribution in [1.29, 1.82) is 0 Å². The van der Waals surface area contributed by atoms with Crippen molar-refractivity contribution in [2.75, 3.05) is 7.11 Å². The van der Waals surface area contributed by atoms with E-state index in [1.165, 1.54) is 0 Å². The molecule has 0 heterocycles. The van der Waals surface area contributed by atoms with E-state index in [9.17, 15) is 0 Å². The van der Waals surface area contributed by atoms with Crippen molar-refractivity contribution in [3.05, 3.63) is 42.0 Å². The first-order valence-corrected chi connectivity index (χ1v) is 4.04. The van der Waals surface area contributed by atoms with Crippen molar-refractivity contribution in [3.63, 3.8) is 0 Å². The third-order valence-electron chi connectivity index (χ3n) is 1.52. The van der Waals surface area contributed by atoms with E-state index in [-0.39, 0.29) is 0 Å². The van der Waals surface area contributed by atoms with Crippen LogP contribution >= 0.6 is 0 Å². The van der Waals surface area contributed by atoms with E-state index >= 15 is 0 Å². The fraction of sp³-hybridized carbons (Fsp3) is 0.167. The molecule has 0 fully saturated rings. The molecule has 1 aromatic carbocycles. The van der Waals surface area contributed by atoms with Crippen LogP contribution in [0.15, 0.2) is 36.4 Å². The molecule has 0 aliphatic heterocycles. The fourth-order valence-electron chi connectivity index (χ4n) is 0.922. The Morgan fingerprint density at radius 2 is 2.08 bits per heavy atom. The molecule has 1 heteroatoms. The first kappa shape index (κ1) is 9.41. The average molecular weight is 172 g/mol. The van der Waals surface area contributed by atoms with Gasteiger partial charge in [0, 0.05) is 0 Å². The fourth-order valence-corrected chi connectivity index (χ4v) is 0.922. The Hall–Kier alpha value is -1.68. The molecule has 0 unspecified atom stereocenters. The third kappa shape index (κ3) is 2.68. The van der Waals surface area contributed by atoms with Gasteiger partial charge in [-0.15, -0.1) is 0 Å². The summed E-state index contributed by atoms with van der Waals surface area (Å²) in [5, 5.41) is 0. The second-order valence-corrected chi connectivity index (χ2v) is 2.73. The molecule has 0 aliphatic rings. The number of ether oxygens (including phenoxy) is 1. The lowest BCUT2D eigenvalue weighted by atomic mass is 10.2. The van der Waals surface area contributed by atoms with Gasteiger partial charge in [-0.25, -0.2) is 0 Å². The molecule has 0 amide bonds. The van der Waals surface area contributed by atoms with Crippen molar-refractivity contribution in [1.82, 2.24) is 0 Å². The normalized spacial score (nSPS) is 8.46. The maximum Gasteiger partial charge on any atom is 0.134 e. The molecule has 1 aromatic rings. The van der Waals surface area contributed by atoms with E-state index in [4.69, 9.17) is 4.74 Å². The van der Waals surface area contributed by atoms with Crippen LogP contribution in [-0.2, 0) is 0 Å². The number of hydrogen-bond acceptors (Lipinski definition) is 1. The van der Waals surface area contributed by atoms with Gasteiger partial charge < -0.3 is 4.74 Å². The zero-order chi connectivity index (χ0) is 9.68. The van der Waals surface area contributed by atoms with Gasteiger partial charge in [0.05, 0.1) is 12.7 Å². The molecule has 0 atom stereocenters. The summed E-state index contributed by atoms with van der Waals surface area (Å²) in [6.07, 6.45) is 0. The number of rotatable bonds is 1. The number of methoxy groups -OCH3 is 1. The SMILES string of the molecule is C=C(C)C#Cc1ccccc1OC. The lowest BCUT2D eigenvalue weighted by Gasteiger charge is -2.00. The van der Waals surface area contributed by atoms with Gasteiger partial charge in [-0.2, -0.15) is 0 Å². The van der Waals surface area contributed by atoms with Crippen LogP contribution in [0.25, 0.3) is 0 Å². The van der Waals surface area contributed by atoms with Crippen molar-refractivity contribution < 1.29 is 4.74 Å². The van der Waals surface area contributed by atoms with E-state index in [0.29, 0.717) is 0 Å². The molecule has 13 heavy (non-hydrogen) atoms. The summed E-state index contributed by atoms with van der Waals surface area (Å²) in [6.45, 7) is 5.59. The molecule has 0 aliphatic carbocycles. The van der Waals surface area contributed by atoms with E-state index < -0.39 is 0 Å². The molecule has 1 rings (SSSR count). The van der Waals surface area contributed by atoms with Crippen LogP contribution in [0.3, 0.4) is 0 Å².